The largest absolute Gasteiger partial charge is 0.497 e. The van der Waals surface area contributed by atoms with Gasteiger partial charge in [0.15, 0.2) is 0 Å². The first kappa shape index (κ1) is 12.4. The van der Waals surface area contributed by atoms with E-state index < -0.39 is 0 Å². The van der Waals surface area contributed by atoms with Crippen molar-refractivity contribution in [1.29, 1.82) is 0 Å². The maximum atomic E-state index is 11.4. The summed E-state index contributed by atoms with van der Waals surface area (Å²) in [5, 5.41) is 0.922. The number of pyridine rings is 1. The van der Waals surface area contributed by atoms with E-state index in [9.17, 15) is 4.79 Å². The predicted octanol–water partition coefficient (Wildman–Crippen LogP) is 2.27. The van der Waals surface area contributed by atoms with Crippen LogP contribution in [0, 0.1) is 6.92 Å². The first-order valence-electron chi connectivity index (χ1n) is 5.65. The molecule has 2 rings (SSSR count). The van der Waals surface area contributed by atoms with Gasteiger partial charge in [-0.15, -0.1) is 0 Å². The van der Waals surface area contributed by atoms with Crippen LogP contribution in [-0.2, 0) is 16.0 Å². The molecule has 94 valence electrons. The Morgan fingerprint density at radius 3 is 2.72 bits per heavy atom. The van der Waals surface area contributed by atoms with Gasteiger partial charge in [0.25, 0.3) is 0 Å². The minimum atomic E-state index is -0.260. The molecule has 0 fully saturated rings. The zero-order chi connectivity index (χ0) is 13.1. The smallest absolute Gasteiger partial charge is 0.310 e. The molecule has 18 heavy (non-hydrogen) atoms. The number of carbonyl (C=O) groups is 1. The summed E-state index contributed by atoms with van der Waals surface area (Å²) in [6.07, 6.45) is 0.240. The average molecular weight is 245 g/mol. The second kappa shape index (κ2) is 5.04. The zero-order valence-electron chi connectivity index (χ0n) is 10.7. The van der Waals surface area contributed by atoms with Crippen molar-refractivity contribution in [3.63, 3.8) is 0 Å². The Bertz CT molecular complexity index is 593. The van der Waals surface area contributed by atoms with Crippen LogP contribution in [0.4, 0.5) is 0 Å². The number of fused-ring (bicyclic) bond motifs is 1. The molecule has 0 aliphatic carbocycles. The highest BCUT2D eigenvalue weighted by Crippen LogP contribution is 2.24. The number of esters is 1. The number of ether oxygens (including phenoxy) is 2. The van der Waals surface area contributed by atoms with Gasteiger partial charge < -0.3 is 9.47 Å². The highest BCUT2D eigenvalue weighted by molar-refractivity contribution is 5.87. The molecular weight excluding hydrogens is 230 g/mol. The highest BCUT2D eigenvalue weighted by atomic mass is 16.5. The number of carbonyl (C=O) groups excluding carboxylic acids is 1. The van der Waals surface area contributed by atoms with E-state index in [-0.39, 0.29) is 12.4 Å². The van der Waals surface area contributed by atoms with Gasteiger partial charge in [-0.25, -0.2) is 0 Å². The summed E-state index contributed by atoms with van der Waals surface area (Å²) < 4.78 is 9.90. The fourth-order valence-corrected chi connectivity index (χ4v) is 1.92. The molecule has 0 saturated heterocycles. The lowest BCUT2D eigenvalue weighted by molar-refractivity contribution is -0.139. The molecule has 0 aliphatic heterocycles. The Balaban J connectivity index is 2.57. The van der Waals surface area contributed by atoms with E-state index in [4.69, 9.17) is 9.47 Å². The van der Waals surface area contributed by atoms with E-state index >= 15 is 0 Å². The lowest BCUT2D eigenvalue weighted by Gasteiger charge is -2.08. The van der Waals surface area contributed by atoms with E-state index in [2.05, 4.69) is 4.98 Å². The van der Waals surface area contributed by atoms with E-state index in [0.717, 1.165) is 27.9 Å². The lowest BCUT2D eigenvalue weighted by atomic mass is 10.0. The quantitative estimate of drug-likeness (QED) is 0.778. The normalized spacial score (nSPS) is 10.4. The number of nitrogens with zero attached hydrogens (tertiary/aromatic N) is 1. The third-order valence-corrected chi connectivity index (χ3v) is 2.79. The lowest BCUT2D eigenvalue weighted by Crippen LogP contribution is -2.05. The number of benzene rings is 1. The van der Waals surface area contributed by atoms with Crippen LogP contribution >= 0.6 is 0 Å². The van der Waals surface area contributed by atoms with Crippen LogP contribution in [0.1, 0.15) is 11.3 Å². The van der Waals surface area contributed by atoms with E-state index in [1.165, 1.54) is 7.11 Å². The summed E-state index contributed by atoms with van der Waals surface area (Å²) in [4.78, 5) is 15.9. The van der Waals surface area contributed by atoms with Gasteiger partial charge in [-0.3, -0.25) is 9.78 Å². The van der Waals surface area contributed by atoms with Crippen molar-refractivity contribution in [3.05, 3.63) is 35.5 Å². The van der Waals surface area contributed by atoms with E-state index in [1.54, 1.807) is 7.11 Å². The number of methoxy groups -OCH3 is 2. The summed E-state index contributed by atoms with van der Waals surface area (Å²) >= 11 is 0. The van der Waals surface area contributed by atoms with Crippen molar-refractivity contribution in [2.24, 2.45) is 0 Å². The average Bonchev–Trinajstić information content (AvgIpc) is 2.38. The molecule has 0 radical (unpaired) electrons. The number of hydrogen-bond acceptors (Lipinski definition) is 4. The fraction of sp³-hybridized carbons (Fsp3) is 0.286. The maximum absolute atomic E-state index is 11.4. The topological polar surface area (TPSA) is 48.4 Å². The van der Waals surface area contributed by atoms with E-state index in [1.807, 2.05) is 31.2 Å². The van der Waals surface area contributed by atoms with E-state index in [0.29, 0.717) is 0 Å². The Labute approximate surface area is 106 Å². The number of aryl methyl sites for hydroxylation is 1. The Morgan fingerprint density at radius 2 is 2.06 bits per heavy atom. The molecule has 4 nitrogen and oxygen atoms in total. The number of rotatable bonds is 3. The first-order chi connectivity index (χ1) is 8.63. The van der Waals surface area contributed by atoms with Crippen molar-refractivity contribution >= 4 is 16.9 Å². The van der Waals surface area contributed by atoms with Gasteiger partial charge in [0.2, 0.25) is 0 Å². The Morgan fingerprint density at radius 1 is 1.28 bits per heavy atom. The fourth-order valence-electron chi connectivity index (χ4n) is 1.92. The van der Waals surface area contributed by atoms with Gasteiger partial charge in [0, 0.05) is 11.1 Å². The van der Waals surface area contributed by atoms with Crippen molar-refractivity contribution in [2.75, 3.05) is 14.2 Å². The van der Waals surface area contributed by atoms with Crippen molar-refractivity contribution in [1.82, 2.24) is 4.98 Å². The monoisotopic (exact) mass is 245 g/mol. The van der Waals surface area contributed by atoms with Gasteiger partial charge in [0.1, 0.15) is 5.75 Å². The molecule has 1 aromatic carbocycles. The minimum Gasteiger partial charge on any atom is -0.497 e. The van der Waals surface area contributed by atoms with Crippen LogP contribution in [0.5, 0.6) is 5.75 Å². The molecule has 0 saturated carbocycles. The van der Waals surface area contributed by atoms with Gasteiger partial charge in [-0.05, 0) is 36.8 Å². The van der Waals surface area contributed by atoms with Crippen molar-refractivity contribution < 1.29 is 14.3 Å². The third-order valence-electron chi connectivity index (χ3n) is 2.79. The van der Waals surface area contributed by atoms with Crippen LogP contribution < -0.4 is 4.74 Å². The van der Waals surface area contributed by atoms with Crippen LogP contribution in [0.2, 0.25) is 0 Å². The third kappa shape index (κ3) is 2.42. The molecule has 0 bridgehead atoms. The van der Waals surface area contributed by atoms with Crippen molar-refractivity contribution in [2.45, 2.75) is 13.3 Å². The second-order valence-electron chi connectivity index (χ2n) is 4.06. The maximum Gasteiger partial charge on any atom is 0.310 e. The molecule has 0 amide bonds. The Hall–Kier alpha value is -2.10. The summed E-state index contributed by atoms with van der Waals surface area (Å²) in [6.45, 7) is 1.91. The summed E-state index contributed by atoms with van der Waals surface area (Å²) in [5.41, 5.74) is 2.64. The molecule has 1 heterocycles. The molecule has 0 aliphatic rings. The first-order valence-corrected chi connectivity index (χ1v) is 5.65. The van der Waals surface area contributed by atoms with Crippen molar-refractivity contribution in [3.8, 4) is 5.75 Å². The highest BCUT2D eigenvalue weighted by Gasteiger charge is 2.10. The van der Waals surface area contributed by atoms with Gasteiger partial charge >= 0.3 is 5.97 Å². The molecule has 2 aromatic rings. The molecule has 0 N–H and O–H groups in total. The number of aromatic nitrogens is 1. The standard InChI is InChI=1S/C14H15NO3/c1-9-6-10(7-14(16)18-3)12-8-11(17-2)4-5-13(12)15-9/h4-6,8H,7H2,1-3H3. The summed E-state index contributed by atoms with van der Waals surface area (Å²) in [5.74, 6) is 0.490. The second-order valence-corrected chi connectivity index (χ2v) is 4.06. The van der Waals surface area contributed by atoms with Gasteiger partial charge in [0.05, 0.1) is 26.2 Å². The SMILES string of the molecule is COC(=O)Cc1cc(C)nc2ccc(OC)cc12. The van der Waals surface area contributed by atoms with Gasteiger partial charge in [-0.2, -0.15) is 0 Å². The predicted molar refractivity (Wildman–Crippen MR) is 68.8 cm³/mol. The minimum absolute atomic E-state index is 0.240. The summed E-state index contributed by atoms with van der Waals surface area (Å²) in [7, 11) is 3.00. The van der Waals surface area contributed by atoms with Crippen LogP contribution in [0.25, 0.3) is 10.9 Å². The van der Waals surface area contributed by atoms with Crippen LogP contribution in [-0.4, -0.2) is 25.2 Å². The zero-order valence-corrected chi connectivity index (χ0v) is 10.7. The molecule has 0 unspecified atom stereocenters. The number of hydrogen-bond donors (Lipinski definition) is 0. The molecular formula is C14H15NO3. The molecule has 0 spiro atoms. The summed E-state index contributed by atoms with van der Waals surface area (Å²) in [6, 6.07) is 7.54. The van der Waals surface area contributed by atoms with Gasteiger partial charge in [-0.1, -0.05) is 0 Å². The molecule has 1 aromatic heterocycles. The van der Waals surface area contributed by atoms with Crippen LogP contribution in [0.3, 0.4) is 0 Å². The van der Waals surface area contributed by atoms with Crippen LogP contribution in [0.15, 0.2) is 24.3 Å². The Kier molecular flexibility index (Phi) is 3.46. The molecule has 0 atom stereocenters. The molecule has 4 heteroatoms.